The number of nitrogens with zero attached hydrogens (tertiary/aromatic N) is 3. The maximum Gasteiger partial charge on any atom is 0.261 e. The summed E-state index contributed by atoms with van der Waals surface area (Å²) < 4.78 is 27.9. The van der Waals surface area contributed by atoms with Crippen molar-refractivity contribution in [3.05, 3.63) is 66.2 Å². The molecular weight excluding hydrogens is 424 g/mol. The fourth-order valence-electron chi connectivity index (χ4n) is 3.75. The zero-order valence-corrected chi connectivity index (χ0v) is 18.8. The Kier molecular flexibility index (Phi) is 6.50. The number of anilines is 2. The van der Waals surface area contributed by atoms with Gasteiger partial charge in [-0.25, -0.2) is 8.42 Å². The molecule has 1 aliphatic heterocycles. The van der Waals surface area contributed by atoms with Gasteiger partial charge >= 0.3 is 0 Å². The highest BCUT2D eigenvalue weighted by Gasteiger charge is 2.16. The number of hydrogen-bond donors (Lipinski definition) is 1. The van der Waals surface area contributed by atoms with Crippen LogP contribution in [0.3, 0.4) is 0 Å². The Morgan fingerprint density at radius 2 is 1.62 bits per heavy atom. The van der Waals surface area contributed by atoms with Gasteiger partial charge in [0.15, 0.2) is 11.6 Å². The Balaban J connectivity index is 1.47. The van der Waals surface area contributed by atoms with E-state index in [1.807, 2.05) is 12.1 Å². The molecule has 166 valence electrons. The molecule has 4 rings (SSSR count). The first-order chi connectivity index (χ1) is 15.4. The fraction of sp³-hybridized carbons (Fsp3) is 0.292. The molecule has 1 N–H and O–H groups in total. The molecule has 1 saturated heterocycles. The van der Waals surface area contributed by atoms with E-state index < -0.39 is 10.0 Å². The van der Waals surface area contributed by atoms with Gasteiger partial charge in [0, 0.05) is 29.9 Å². The summed E-state index contributed by atoms with van der Waals surface area (Å²) in [6.45, 7) is 3.43. The number of hydrogen-bond acceptors (Lipinski definition) is 6. The lowest BCUT2D eigenvalue weighted by Crippen LogP contribution is -2.25. The van der Waals surface area contributed by atoms with Gasteiger partial charge in [0.1, 0.15) is 0 Å². The third-order valence-electron chi connectivity index (χ3n) is 5.56. The van der Waals surface area contributed by atoms with E-state index >= 15 is 0 Å². The van der Waals surface area contributed by atoms with Gasteiger partial charge in [0.2, 0.25) is 0 Å². The molecule has 0 aliphatic carbocycles. The molecule has 0 radical (unpaired) electrons. The van der Waals surface area contributed by atoms with Gasteiger partial charge in [0.05, 0.1) is 10.6 Å². The number of sulfonamides is 1. The molecular formula is C24H26N4O3S. The first-order valence-electron chi connectivity index (χ1n) is 10.8. The smallest absolute Gasteiger partial charge is 0.261 e. The molecule has 3 aromatic rings. The molecule has 0 saturated carbocycles. The average Bonchev–Trinajstić information content (AvgIpc) is 3.09. The molecule has 0 spiro atoms. The van der Waals surface area contributed by atoms with Gasteiger partial charge in [0.25, 0.3) is 10.0 Å². The SMILES string of the molecule is CC(=O)c1cccc(S(=O)(=O)Nc2ccc(-c3ccc(N4CCCCCC4)nn3)cc2)c1. The van der Waals surface area contributed by atoms with E-state index in [0.29, 0.717) is 11.3 Å². The van der Waals surface area contributed by atoms with Crippen molar-refractivity contribution in [3.63, 3.8) is 0 Å². The van der Waals surface area contributed by atoms with Gasteiger partial charge in [-0.15, -0.1) is 10.2 Å². The van der Waals surface area contributed by atoms with E-state index in [2.05, 4.69) is 19.8 Å². The van der Waals surface area contributed by atoms with Crippen LogP contribution >= 0.6 is 0 Å². The van der Waals surface area contributed by atoms with Crippen LogP contribution in [-0.4, -0.2) is 37.5 Å². The summed E-state index contributed by atoms with van der Waals surface area (Å²) in [6, 6.07) is 16.9. The van der Waals surface area contributed by atoms with Crippen molar-refractivity contribution in [1.29, 1.82) is 0 Å². The van der Waals surface area contributed by atoms with Crippen LogP contribution in [-0.2, 0) is 10.0 Å². The van der Waals surface area contributed by atoms with Gasteiger partial charge in [-0.1, -0.05) is 37.1 Å². The number of ketones is 1. The number of Topliss-reactive ketones (excluding diaryl/α,β-unsaturated/α-hetero) is 1. The van der Waals surface area contributed by atoms with Crippen molar-refractivity contribution in [2.45, 2.75) is 37.5 Å². The summed E-state index contributed by atoms with van der Waals surface area (Å²) in [4.78, 5) is 13.9. The first-order valence-corrected chi connectivity index (χ1v) is 12.2. The van der Waals surface area contributed by atoms with Crippen LogP contribution in [0.4, 0.5) is 11.5 Å². The summed E-state index contributed by atoms with van der Waals surface area (Å²) in [5.74, 6) is 0.710. The van der Waals surface area contributed by atoms with Crippen molar-refractivity contribution in [1.82, 2.24) is 10.2 Å². The number of carbonyl (C=O) groups is 1. The lowest BCUT2D eigenvalue weighted by Gasteiger charge is -2.20. The molecule has 0 amide bonds. The van der Waals surface area contributed by atoms with Gasteiger partial charge in [-0.3, -0.25) is 9.52 Å². The minimum Gasteiger partial charge on any atom is -0.355 e. The third-order valence-corrected chi connectivity index (χ3v) is 6.94. The third kappa shape index (κ3) is 5.13. The Morgan fingerprint density at radius 3 is 2.25 bits per heavy atom. The van der Waals surface area contributed by atoms with E-state index in [9.17, 15) is 13.2 Å². The Morgan fingerprint density at radius 1 is 0.906 bits per heavy atom. The van der Waals surface area contributed by atoms with Crippen LogP contribution in [0.15, 0.2) is 65.6 Å². The van der Waals surface area contributed by atoms with Crippen molar-refractivity contribution in [3.8, 4) is 11.3 Å². The maximum atomic E-state index is 12.7. The number of nitrogens with one attached hydrogen (secondary N) is 1. The average molecular weight is 451 g/mol. The second kappa shape index (κ2) is 9.48. The van der Waals surface area contributed by atoms with Gasteiger partial charge in [-0.05, 0) is 56.2 Å². The number of carbonyl (C=O) groups excluding carboxylic acids is 1. The van der Waals surface area contributed by atoms with Crippen LogP contribution in [0, 0.1) is 0 Å². The Bertz CT molecular complexity index is 1180. The van der Waals surface area contributed by atoms with Crippen LogP contribution in [0.2, 0.25) is 0 Å². The van der Waals surface area contributed by atoms with E-state index in [4.69, 9.17) is 0 Å². The second-order valence-corrected chi connectivity index (χ2v) is 9.63. The Labute approximate surface area is 188 Å². The fourth-order valence-corrected chi connectivity index (χ4v) is 4.86. The molecule has 1 aliphatic rings. The lowest BCUT2D eigenvalue weighted by atomic mass is 10.1. The van der Waals surface area contributed by atoms with Crippen molar-refractivity contribution >= 4 is 27.3 Å². The molecule has 2 aromatic carbocycles. The highest BCUT2D eigenvalue weighted by Crippen LogP contribution is 2.24. The highest BCUT2D eigenvalue weighted by molar-refractivity contribution is 7.92. The largest absolute Gasteiger partial charge is 0.355 e. The van der Waals surface area contributed by atoms with Crippen molar-refractivity contribution in [2.24, 2.45) is 0 Å². The first kappa shape index (κ1) is 22.0. The number of benzene rings is 2. The second-order valence-electron chi connectivity index (χ2n) is 7.94. The van der Waals surface area contributed by atoms with E-state index in [-0.39, 0.29) is 10.7 Å². The van der Waals surface area contributed by atoms with Crippen LogP contribution in [0.1, 0.15) is 43.0 Å². The zero-order valence-electron chi connectivity index (χ0n) is 18.0. The highest BCUT2D eigenvalue weighted by atomic mass is 32.2. The molecule has 7 nitrogen and oxygen atoms in total. The quantitative estimate of drug-likeness (QED) is 0.555. The van der Waals surface area contributed by atoms with E-state index in [1.165, 1.54) is 44.7 Å². The molecule has 0 atom stereocenters. The van der Waals surface area contributed by atoms with Gasteiger partial charge in [-0.2, -0.15) is 0 Å². The van der Waals surface area contributed by atoms with E-state index in [0.717, 1.165) is 30.2 Å². The Hall–Kier alpha value is -3.26. The summed E-state index contributed by atoms with van der Waals surface area (Å²) in [7, 11) is -3.80. The summed E-state index contributed by atoms with van der Waals surface area (Å²) in [5, 5.41) is 8.77. The summed E-state index contributed by atoms with van der Waals surface area (Å²) in [6.07, 6.45) is 4.89. The van der Waals surface area contributed by atoms with Gasteiger partial charge < -0.3 is 4.90 Å². The van der Waals surface area contributed by atoms with E-state index in [1.54, 1.807) is 36.4 Å². The summed E-state index contributed by atoms with van der Waals surface area (Å²) >= 11 is 0. The lowest BCUT2D eigenvalue weighted by molar-refractivity contribution is 0.101. The molecule has 0 bridgehead atoms. The predicted molar refractivity (Wildman–Crippen MR) is 125 cm³/mol. The van der Waals surface area contributed by atoms with Crippen LogP contribution < -0.4 is 9.62 Å². The minimum absolute atomic E-state index is 0.0456. The molecule has 1 fully saturated rings. The van der Waals surface area contributed by atoms with Crippen molar-refractivity contribution < 1.29 is 13.2 Å². The standard InChI is InChI=1S/C24H26N4O3S/c1-18(29)20-7-6-8-22(17-20)32(30,31)27-21-11-9-19(10-12-21)23-13-14-24(26-25-23)28-15-4-2-3-5-16-28/h6-14,17,27H,2-5,15-16H2,1H3. The molecule has 8 heteroatoms. The van der Waals surface area contributed by atoms with Crippen molar-refractivity contribution in [2.75, 3.05) is 22.7 Å². The maximum absolute atomic E-state index is 12.7. The minimum atomic E-state index is -3.80. The topological polar surface area (TPSA) is 92.3 Å². The van der Waals surface area contributed by atoms with Crippen LogP contribution in [0.5, 0.6) is 0 Å². The molecule has 1 aromatic heterocycles. The normalized spacial score (nSPS) is 14.6. The number of rotatable bonds is 6. The number of aromatic nitrogens is 2. The monoisotopic (exact) mass is 450 g/mol. The predicted octanol–water partition coefficient (Wildman–Crippen LogP) is 4.53. The zero-order chi connectivity index (χ0) is 22.6. The molecule has 32 heavy (non-hydrogen) atoms. The molecule has 0 unspecified atom stereocenters. The molecule has 2 heterocycles. The van der Waals surface area contributed by atoms with Crippen LogP contribution in [0.25, 0.3) is 11.3 Å². The summed E-state index contributed by atoms with van der Waals surface area (Å²) in [5.41, 5.74) is 2.36.